The van der Waals surface area contributed by atoms with Gasteiger partial charge in [-0.2, -0.15) is 18.3 Å². The zero-order chi connectivity index (χ0) is 22.4. The van der Waals surface area contributed by atoms with Crippen LogP contribution in [0.1, 0.15) is 22.8 Å². The minimum absolute atomic E-state index is 0.0225. The highest BCUT2D eigenvalue weighted by atomic mass is 19.4. The Bertz CT molecular complexity index is 1110. The quantitative estimate of drug-likeness (QED) is 0.618. The van der Waals surface area contributed by atoms with Crippen molar-refractivity contribution in [3.8, 4) is 17.0 Å². The number of hydrogen-bond acceptors (Lipinski definition) is 4. The van der Waals surface area contributed by atoms with E-state index in [1.807, 2.05) is 19.1 Å². The molecule has 0 spiro atoms. The van der Waals surface area contributed by atoms with E-state index in [2.05, 4.69) is 10.4 Å². The second kappa shape index (κ2) is 9.46. The summed E-state index contributed by atoms with van der Waals surface area (Å²) < 4.78 is 45.0. The van der Waals surface area contributed by atoms with Crippen molar-refractivity contribution >= 4 is 5.91 Å². The first-order valence-corrected chi connectivity index (χ1v) is 9.55. The van der Waals surface area contributed by atoms with Gasteiger partial charge in [0, 0.05) is 23.7 Å². The number of nitrogens with zero attached hydrogens (tertiary/aromatic N) is 2. The number of alkyl halides is 3. The Morgan fingerprint density at radius 3 is 2.52 bits per heavy atom. The van der Waals surface area contributed by atoms with Crippen LogP contribution in [0, 0.1) is 0 Å². The molecular formula is C22H20F3N3O3. The Hall–Kier alpha value is -3.62. The molecule has 0 unspecified atom stereocenters. The number of amides is 1. The van der Waals surface area contributed by atoms with Crippen LogP contribution in [-0.4, -0.2) is 28.8 Å². The fourth-order valence-electron chi connectivity index (χ4n) is 2.87. The maximum absolute atomic E-state index is 12.8. The van der Waals surface area contributed by atoms with Crippen LogP contribution in [0.4, 0.5) is 13.2 Å². The highest BCUT2D eigenvalue weighted by molar-refractivity contribution is 5.94. The summed E-state index contributed by atoms with van der Waals surface area (Å²) in [5, 5.41) is 6.81. The second-order valence-electron chi connectivity index (χ2n) is 6.57. The SMILES string of the molecule is CCOc1ccc(-c2ccc(=O)n(CCNC(=O)c3cccc(C(F)(F)F)c3)n2)cc1. The molecule has 0 aliphatic carbocycles. The molecule has 0 bridgehead atoms. The van der Waals surface area contributed by atoms with Gasteiger partial charge in [0.25, 0.3) is 11.5 Å². The number of ether oxygens (including phenoxy) is 1. The Labute approximate surface area is 176 Å². The molecule has 0 saturated carbocycles. The molecule has 3 rings (SSSR count). The molecular weight excluding hydrogens is 411 g/mol. The molecule has 6 nitrogen and oxygen atoms in total. The van der Waals surface area contributed by atoms with Gasteiger partial charge < -0.3 is 10.1 Å². The van der Waals surface area contributed by atoms with Gasteiger partial charge in [0.2, 0.25) is 0 Å². The first-order valence-electron chi connectivity index (χ1n) is 9.55. The molecule has 0 atom stereocenters. The lowest BCUT2D eigenvalue weighted by Gasteiger charge is -2.10. The fourth-order valence-corrected chi connectivity index (χ4v) is 2.87. The average Bonchev–Trinajstić information content (AvgIpc) is 2.75. The molecule has 1 aromatic heterocycles. The first kappa shape index (κ1) is 22.1. The van der Waals surface area contributed by atoms with E-state index >= 15 is 0 Å². The van der Waals surface area contributed by atoms with Crippen LogP contribution in [0.2, 0.25) is 0 Å². The van der Waals surface area contributed by atoms with E-state index in [4.69, 9.17) is 4.74 Å². The normalized spacial score (nSPS) is 11.2. The summed E-state index contributed by atoms with van der Waals surface area (Å²) >= 11 is 0. The van der Waals surface area contributed by atoms with Crippen molar-refractivity contribution in [3.05, 3.63) is 82.1 Å². The molecule has 31 heavy (non-hydrogen) atoms. The number of aromatic nitrogens is 2. The topological polar surface area (TPSA) is 73.2 Å². The third kappa shape index (κ3) is 5.71. The standard InChI is InChI=1S/C22H20F3N3O3/c1-2-31-18-8-6-15(7-9-18)19-10-11-20(29)28(27-19)13-12-26-21(30)16-4-3-5-17(14-16)22(23,24)25/h3-11,14H,2,12-13H2,1H3,(H,26,30). The smallest absolute Gasteiger partial charge is 0.416 e. The van der Waals surface area contributed by atoms with Crippen molar-refractivity contribution in [1.82, 2.24) is 15.1 Å². The number of benzene rings is 2. The van der Waals surface area contributed by atoms with Crippen LogP contribution >= 0.6 is 0 Å². The molecule has 0 aliphatic rings. The number of hydrogen-bond donors (Lipinski definition) is 1. The molecule has 3 aromatic rings. The van der Waals surface area contributed by atoms with Gasteiger partial charge in [0.1, 0.15) is 5.75 Å². The zero-order valence-electron chi connectivity index (χ0n) is 16.6. The number of rotatable bonds is 7. The van der Waals surface area contributed by atoms with Crippen molar-refractivity contribution in [1.29, 1.82) is 0 Å². The lowest BCUT2D eigenvalue weighted by atomic mass is 10.1. The Kier molecular flexibility index (Phi) is 6.74. The van der Waals surface area contributed by atoms with Crippen molar-refractivity contribution in [2.75, 3.05) is 13.2 Å². The number of halogens is 3. The summed E-state index contributed by atoms with van der Waals surface area (Å²) in [7, 11) is 0. The van der Waals surface area contributed by atoms with Crippen LogP contribution in [0.5, 0.6) is 5.75 Å². The van der Waals surface area contributed by atoms with Gasteiger partial charge in [-0.15, -0.1) is 0 Å². The molecule has 0 fully saturated rings. The molecule has 9 heteroatoms. The average molecular weight is 431 g/mol. The first-order chi connectivity index (χ1) is 14.8. The van der Waals surface area contributed by atoms with E-state index in [1.165, 1.54) is 22.9 Å². The fraction of sp³-hybridized carbons (Fsp3) is 0.227. The van der Waals surface area contributed by atoms with E-state index in [1.54, 1.807) is 18.2 Å². The van der Waals surface area contributed by atoms with E-state index in [0.29, 0.717) is 12.3 Å². The van der Waals surface area contributed by atoms with Gasteiger partial charge in [-0.1, -0.05) is 6.07 Å². The monoisotopic (exact) mass is 431 g/mol. The maximum atomic E-state index is 12.8. The van der Waals surface area contributed by atoms with Gasteiger partial charge in [-0.3, -0.25) is 9.59 Å². The van der Waals surface area contributed by atoms with Crippen LogP contribution in [-0.2, 0) is 12.7 Å². The van der Waals surface area contributed by atoms with E-state index < -0.39 is 17.6 Å². The van der Waals surface area contributed by atoms with Crippen LogP contribution in [0.15, 0.2) is 65.5 Å². The maximum Gasteiger partial charge on any atom is 0.416 e. The summed E-state index contributed by atoms with van der Waals surface area (Å²) in [6.45, 7) is 2.52. The van der Waals surface area contributed by atoms with Gasteiger partial charge in [-0.25, -0.2) is 4.68 Å². The van der Waals surface area contributed by atoms with Gasteiger partial charge in [-0.05, 0) is 55.5 Å². The van der Waals surface area contributed by atoms with E-state index in [0.717, 1.165) is 23.4 Å². The molecule has 1 heterocycles. The number of carbonyl (C=O) groups excluding carboxylic acids is 1. The highest BCUT2D eigenvalue weighted by Gasteiger charge is 2.30. The predicted molar refractivity (Wildman–Crippen MR) is 109 cm³/mol. The molecule has 0 saturated heterocycles. The summed E-state index contributed by atoms with van der Waals surface area (Å²) in [6.07, 6.45) is -4.53. The van der Waals surface area contributed by atoms with Gasteiger partial charge in [0.05, 0.1) is 24.4 Å². The minimum atomic E-state index is -4.53. The van der Waals surface area contributed by atoms with Crippen molar-refractivity contribution < 1.29 is 22.7 Å². The van der Waals surface area contributed by atoms with Gasteiger partial charge >= 0.3 is 6.18 Å². The van der Waals surface area contributed by atoms with Crippen LogP contribution in [0.25, 0.3) is 11.3 Å². The van der Waals surface area contributed by atoms with Gasteiger partial charge in [0.15, 0.2) is 0 Å². The summed E-state index contributed by atoms with van der Waals surface area (Å²) in [4.78, 5) is 24.3. The van der Waals surface area contributed by atoms with E-state index in [-0.39, 0.29) is 24.2 Å². The molecule has 1 amide bonds. The van der Waals surface area contributed by atoms with Crippen molar-refractivity contribution in [2.45, 2.75) is 19.6 Å². The van der Waals surface area contributed by atoms with Crippen molar-refractivity contribution in [2.24, 2.45) is 0 Å². The minimum Gasteiger partial charge on any atom is -0.494 e. The molecule has 162 valence electrons. The molecule has 1 N–H and O–H groups in total. The molecule has 0 aliphatic heterocycles. The zero-order valence-corrected chi connectivity index (χ0v) is 16.6. The number of carbonyl (C=O) groups is 1. The van der Waals surface area contributed by atoms with Crippen LogP contribution < -0.4 is 15.6 Å². The van der Waals surface area contributed by atoms with Crippen molar-refractivity contribution in [3.63, 3.8) is 0 Å². The van der Waals surface area contributed by atoms with Crippen LogP contribution in [0.3, 0.4) is 0 Å². The summed E-state index contributed by atoms with van der Waals surface area (Å²) in [5.74, 6) is 0.0543. The van der Waals surface area contributed by atoms with E-state index in [9.17, 15) is 22.8 Å². The second-order valence-corrected chi connectivity index (χ2v) is 6.57. The predicted octanol–water partition coefficient (Wildman–Crippen LogP) is 3.76. The highest BCUT2D eigenvalue weighted by Crippen LogP contribution is 2.29. The Morgan fingerprint density at radius 1 is 1.10 bits per heavy atom. The lowest BCUT2D eigenvalue weighted by Crippen LogP contribution is -2.32. The molecule has 2 aromatic carbocycles. The molecule has 0 radical (unpaired) electrons. The Balaban J connectivity index is 1.66. The number of nitrogens with one attached hydrogen (secondary N) is 1. The third-order valence-electron chi connectivity index (χ3n) is 4.39. The summed E-state index contributed by atoms with van der Waals surface area (Å²) in [6, 6.07) is 14.3. The Morgan fingerprint density at radius 2 is 1.84 bits per heavy atom. The summed E-state index contributed by atoms with van der Waals surface area (Å²) in [5.41, 5.74) is -0.0283. The largest absolute Gasteiger partial charge is 0.494 e. The lowest BCUT2D eigenvalue weighted by molar-refractivity contribution is -0.137. The third-order valence-corrected chi connectivity index (χ3v) is 4.39.